The van der Waals surface area contributed by atoms with Crippen LogP contribution < -0.4 is 19.1 Å². The fourth-order valence-electron chi connectivity index (χ4n) is 3.13. The first kappa shape index (κ1) is 22.8. The molecule has 160 valence electrons. The number of ether oxygens (including phenoxy) is 3. The summed E-state index contributed by atoms with van der Waals surface area (Å²) in [7, 11) is -1.11. The summed E-state index contributed by atoms with van der Waals surface area (Å²) in [6.07, 6.45) is 2.06. The first-order chi connectivity index (χ1) is 13.8. The van der Waals surface area contributed by atoms with Crippen LogP contribution in [0.25, 0.3) is 5.57 Å². The number of rotatable bonds is 10. The van der Waals surface area contributed by atoms with E-state index >= 15 is 0 Å². The van der Waals surface area contributed by atoms with Gasteiger partial charge in [0.25, 0.3) is 15.9 Å². The van der Waals surface area contributed by atoms with Crippen molar-refractivity contribution in [1.29, 1.82) is 0 Å². The Kier molecular flexibility index (Phi) is 7.69. The third kappa shape index (κ3) is 4.56. The van der Waals surface area contributed by atoms with Crippen molar-refractivity contribution < 1.29 is 27.4 Å². The lowest BCUT2D eigenvalue weighted by Crippen LogP contribution is -2.41. The van der Waals surface area contributed by atoms with Gasteiger partial charge in [-0.15, -0.1) is 6.58 Å². The number of allylic oxidation sites excluding steroid dienone is 1. The highest BCUT2D eigenvalue weighted by Gasteiger charge is 2.39. The van der Waals surface area contributed by atoms with Gasteiger partial charge in [-0.05, 0) is 31.9 Å². The van der Waals surface area contributed by atoms with E-state index in [1.54, 1.807) is 19.1 Å². The van der Waals surface area contributed by atoms with Gasteiger partial charge in [-0.3, -0.25) is 9.10 Å². The van der Waals surface area contributed by atoms with Crippen LogP contribution in [0.3, 0.4) is 0 Å². The summed E-state index contributed by atoms with van der Waals surface area (Å²) in [6.45, 7) is 8.55. The van der Waals surface area contributed by atoms with E-state index in [2.05, 4.69) is 11.9 Å². The van der Waals surface area contributed by atoms with E-state index in [1.807, 2.05) is 6.92 Å². The minimum Gasteiger partial charge on any atom is -0.493 e. The SMILES string of the molecule is C=CCN1c2cc(OC)c(OC)cc2C(C)=C(C(=O)NCCCOCC)S1(=O)=O. The van der Waals surface area contributed by atoms with Crippen molar-refractivity contribution >= 4 is 27.2 Å². The van der Waals surface area contributed by atoms with Crippen molar-refractivity contribution in [2.45, 2.75) is 20.3 Å². The normalized spacial score (nSPS) is 15.0. The van der Waals surface area contributed by atoms with Crippen molar-refractivity contribution in [3.63, 3.8) is 0 Å². The summed E-state index contributed by atoms with van der Waals surface area (Å²) in [5, 5.41) is 2.68. The fraction of sp³-hybridized carbons (Fsp3) is 0.450. The number of fused-ring (bicyclic) bond motifs is 1. The molecule has 0 unspecified atom stereocenters. The van der Waals surface area contributed by atoms with E-state index in [0.29, 0.717) is 54.5 Å². The highest BCUT2D eigenvalue weighted by atomic mass is 32.2. The highest BCUT2D eigenvalue weighted by Crippen LogP contribution is 2.44. The Morgan fingerprint density at radius 1 is 1.24 bits per heavy atom. The maximum absolute atomic E-state index is 13.3. The minimum atomic E-state index is -4.08. The summed E-state index contributed by atoms with van der Waals surface area (Å²) in [6, 6.07) is 3.27. The van der Waals surface area contributed by atoms with Crippen LogP contribution in [0.4, 0.5) is 5.69 Å². The molecular weight excluding hydrogens is 396 g/mol. The smallest absolute Gasteiger partial charge is 0.270 e. The Balaban J connectivity index is 2.52. The predicted molar refractivity (Wildman–Crippen MR) is 113 cm³/mol. The minimum absolute atomic E-state index is 0.0131. The van der Waals surface area contributed by atoms with Gasteiger partial charge in [0.1, 0.15) is 0 Å². The molecule has 0 aromatic heterocycles. The van der Waals surface area contributed by atoms with Gasteiger partial charge in [0, 0.05) is 31.4 Å². The summed E-state index contributed by atoms with van der Waals surface area (Å²) < 4.78 is 43.6. The van der Waals surface area contributed by atoms with Crippen molar-refractivity contribution in [3.05, 3.63) is 35.3 Å². The molecule has 0 spiro atoms. The van der Waals surface area contributed by atoms with Crippen LogP contribution in [0, 0.1) is 0 Å². The third-order valence-electron chi connectivity index (χ3n) is 4.52. The number of nitrogens with one attached hydrogen (secondary N) is 1. The Morgan fingerprint density at radius 3 is 2.48 bits per heavy atom. The van der Waals surface area contributed by atoms with Crippen molar-refractivity contribution in [1.82, 2.24) is 5.32 Å². The highest BCUT2D eigenvalue weighted by molar-refractivity contribution is 7.97. The Morgan fingerprint density at radius 2 is 1.90 bits per heavy atom. The van der Waals surface area contributed by atoms with Gasteiger partial charge in [0.2, 0.25) is 0 Å². The lowest BCUT2D eigenvalue weighted by molar-refractivity contribution is -0.116. The molecule has 0 saturated carbocycles. The summed E-state index contributed by atoms with van der Waals surface area (Å²) >= 11 is 0. The van der Waals surface area contributed by atoms with Crippen LogP contribution in [-0.2, 0) is 19.6 Å². The molecule has 29 heavy (non-hydrogen) atoms. The Bertz CT molecular complexity index is 908. The molecule has 1 heterocycles. The molecule has 0 atom stereocenters. The zero-order chi connectivity index (χ0) is 21.6. The average Bonchev–Trinajstić information content (AvgIpc) is 2.69. The zero-order valence-electron chi connectivity index (χ0n) is 17.3. The largest absolute Gasteiger partial charge is 0.493 e. The molecule has 0 bridgehead atoms. The number of methoxy groups -OCH3 is 2. The van der Waals surface area contributed by atoms with Crippen LogP contribution in [0.1, 0.15) is 25.8 Å². The average molecular weight is 425 g/mol. The number of carbonyl (C=O) groups excluding carboxylic acids is 1. The zero-order valence-corrected chi connectivity index (χ0v) is 18.1. The quantitative estimate of drug-likeness (QED) is 0.458. The molecule has 1 aliphatic heterocycles. The number of carbonyl (C=O) groups is 1. The molecule has 1 N–H and O–H groups in total. The van der Waals surface area contributed by atoms with E-state index in [1.165, 1.54) is 20.3 Å². The van der Waals surface area contributed by atoms with E-state index in [0.717, 1.165) is 4.31 Å². The Hall–Kier alpha value is -2.52. The molecule has 1 aliphatic rings. The van der Waals surface area contributed by atoms with Gasteiger partial charge in [0.15, 0.2) is 16.4 Å². The second-order valence-corrected chi connectivity index (χ2v) is 8.11. The maximum Gasteiger partial charge on any atom is 0.270 e. The van der Waals surface area contributed by atoms with Gasteiger partial charge in [-0.25, -0.2) is 8.42 Å². The molecular formula is C20H28N2O6S. The number of amides is 1. The van der Waals surface area contributed by atoms with Gasteiger partial charge in [-0.1, -0.05) is 6.08 Å². The topological polar surface area (TPSA) is 94.2 Å². The summed E-state index contributed by atoms with van der Waals surface area (Å²) in [5.74, 6) is 0.195. The predicted octanol–water partition coefficient (Wildman–Crippen LogP) is 2.31. The van der Waals surface area contributed by atoms with Crippen LogP contribution in [0.15, 0.2) is 29.7 Å². The number of hydrogen-bond donors (Lipinski definition) is 1. The van der Waals surface area contributed by atoms with Gasteiger partial charge >= 0.3 is 0 Å². The molecule has 0 fully saturated rings. The lowest BCUT2D eigenvalue weighted by Gasteiger charge is -2.32. The molecule has 2 rings (SSSR count). The number of nitrogens with zero attached hydrogens (tertiary/aromatic N) is 1. The van der Waals surface area contributed by atoms with E-state index in [4.69, 9.17) is 14.2 Å². The molecule has 9 heteroatoms. The standard InChI is InChI=1S/C20H28N2O6S/c1-6-10-22-16-13-18(27-5)17(26-4)12-15(16)14(3)19(29(22,24)25)20(23)21-9-8-11-28-7-2/h6,12-13H,1,7-11H2,2-5H3,(H,21,23). The van der Waals surface area contributed by atoms with Gasteiger partial charge in [0.05, 0.1) is 26.5 Å². The molecule has 0 radical (unpaired) electrons. The van der Waals surface area contributed by atoms with E-state index in [-0.39, 0.29) is 11.4 Å². The first-order valence-electron chi connectivity index (χ1n) is 9.30. The molecule has 8 nitrogen and oxygen atoms in total. The van der Waals surface area contributed by atoms with Crippen LogP contribution >= 0.6 is 0 Å². The number of anilines is 1. The molecule has 0 saturated heterocycles. The molecule has 0 aliphatic carbocycles. The third-order valence-corrected chi connectivity index (χ3v) is 6.45. The molecule has 1 amide bonds. The fourth-order valence-corrected chi connectivity index (χ4v) is 4.87. The maximum atomic E-state index is 13.3. The van der Waals surface area contributed by atoms with Crippen molar-refractivity contribution in [2.75, 3.05) is 44.8 Å². The van der Waals surface area contributed by atoms with E-state index in [9.17, 15) is 13.2 Å². The molecule has 1 aromatic rings. The number of benzene rings is 1. The number of hydrogen-bond acceptors (Lipinski definition) is 6. The number of sulfonamides is 1. The van der Waals surface area contributed by atoms with Crippen molar-refractivity contribution in [2.24, 2.45) is 0 Å². The van der Waals surface area contributed by atoms with Crippen LogP contribution in [-0.4, -0.2) is 54.8 Å². The monoisotopic (exact) mass is 424 g/mol. The Labute approximate surface area is 172 Å². The molecule has 1 aromatic carbocycles. The summed E-state index contributed by atoms with van der Waals surface area (Å²) in [5.41, 5.74) is 1.34. The van der Waals surface area contributed by atoms with Gasteiger partial charge in [-0.2, -0.15) is 0 Å². The second-order valence-electron chi connectivity index (χ2n) is 6.31. The summed E-state index contributed by atoms with van der Waals surface area (Å²) in [4.78, 5) is 12.5. The van der Waals surface area contributed by atoms with E-state index < -0.39 is 15.9 Å². The first-order valence-corrected chi connectivity index (χ1v) is 10.7. The van der Waals surface area contributed by atoms with Crippen LogP contribution in [0.2, 0.25) is 0 Å². The second kappa shape index (κ2) is 9.80. The van der Waals surface area contributed by atoms with Crippen molar-refractivity contribution in [3.8, 4) is 11.5 Å². The lowest BCUT2D eigenvalue weighted by atomic mass is 10.0. The van der Waals surface area contributed by atoms with Gasteiger partial charge < -0.3 is 19.5 Å². The van der Waals surface area contributed by atoms with Crippen LogP contribution in [0.5, 0.6) is 11.5 Å².